The third kappa shape index (κ3) is 5.53. The summed E-state index contributed by atoms with van der Waals surface area (Å²) < 4.78 is 0. The molecule has 28 heavy (non-hydrogen) atoms. The van der Waals surface area contributed by atoms with Crippen molar-refractivity contribution in [3.63, 3.8) is 0 Å². The summed E-state index contributed by atoms with van der Waals surface area (Å²) in [6.45, 7) is 8.09. The van der Waals surface area contributed by atoms with Gasteiger partial charge in [-0.25, -0.2) is 0 Å². The van der Waals surface area contributed by atoms with E-state index in [1.165, 1.54) is 23.1 Å². The maximum Gasteiger partial charge on any atom is 0.0568 e. The topological polar surface area (TPSA) is 3.24 Å². The van der Waals surface area contributed by atoms with Gasteiger partial charge in [-0.05, 0) is 63.1 Å². The van der Waals surface area contributed by atoms with E-state index in [4.69, 9.17) is 23.2 Å². The number of alkyl halides is 2. The van der Waals surface area contributed by atoms with Crippen LogP contribution in [0.25, 0.3) is 0 Å². The fourth-order valence-electron chi connectivity index (χ4n) is 4.24. The van der Waals surface area contributed by atoms with E-state index >= 15 is 0 Å². The van der Waals surface area contributed by atoms with Crippen LogP contribution in [0.15, 0.2) is 54.6 Å². The third-order valence-electron chi connectivity index (χ3n) is 6.20. The van der Waals surface area contributed by atoms with Crippen molar-refractivity contribution in [2.45, 2.75) is 75.2 Å². The number of nitrogens with zero attached hydrogens (tertiary/aromatic N) is 1. The average molecular weight is 418 g/mol. The van der Waals surface area contributed by atoms with E-state index in [0.29, 0.717) is 18.0 Å². The summed E-state index contributed by atoms with van der Waals surface area (Å²) in [7, 11) is 0. The van der Waals surface area contributed by atoms with Crippen LogP contribution in [0.1, 0.15) is 56.2 Å². The molecule has 152 valence electrons. The van der Waals surface area contributed by atoms with Crippen LogP contribution in [0.5, 0.6) is 0 Å². The van der Waals surface area contributed by atoms with Gasteiger partial charge in [-0.2, -0.15) is 0 Å². The van der Waals surface area contributed by atoms with Gasteiger partial charge in [0.05, 0.1) is 10.8 Å². The molecule has 4 atom stereocenters. The summed E-state index contributed by atoms with van der Waals surface area (Å²) >= 11 is 12.5. The molecule has 3 rings (SSSR count). The minimum Gasteiger partial charge on any atom is -0.298 e. The Bertz CT molecular complexity index is 713. The van der Waals surface area contributed by atoms with Gasteiger partial charge in [0.15, 0.2) is 0 Å². The molecule has 0 spiro atoms. The predicted octanol–water partition coefficient (Wildman–Crippen LogP) is 6.66. The molecule has 0 aliphatic heterocycles. The van der Waals surface area contributed by atoms with Gasteiger partial charge in [0.1, 0.15) is 0 Å². The number of hydrogen-bond donors (Lipinski definition) is 0. The maximum atomic E-state index is 6.34. The van der Waals surface area contributed by atoms with Crippen molar-refractivity contribution in [3.05, 3.63) is 71.3 Å². The Labute approximate surface area is 181 Å². The molecule has 1 aliphatic rings. The zero-order chi connectivity index (χ0) is 20.1. The summed E-state index contributed by atoms with van der Waals surface area (Å²) in [6, 6.07) is 21.0. The van der Waals surface area contributed by atoms with Crippen molar-refractivity contribution in [2.24, 2.45) is 0 Å². The van der Waals surface area contributed by atoms with Crippen molar-refractivity contribution in [3.8, 4) is 0 Å². The number of aryl methyl sites for hydroxylation is 1. The molecule has 1 nitrogen and oxygen atoms in total. The van der Waals surface area contributed by atoms with Crippen LogP contribution in [0.4, 0.5) is 0 Å². The molecule has 4 unspecified atom stereocenters. The molecule has 2 aromatic rings. The molecular formula is C25H33Cl2N. The highest BCUT2D eigenvalue weighted by atomic mass is 35.5. The maximum absolute atomic E-state index is 6.34. The van der Waals surface area contributed by atoms with E-state index in [1.54, 1.807) is 0 Å². The minimum absolute atomic E-state index is 0.0803. The lowest BCUT2D eigenvalue weighted by molar-refractivity contribution is 0.158. The van der Waals surface area contributed by atoms with Crippen molar-refractivity contribution < 1.29 is 0 Å². The Morgan fingerprint density at radius 3 is 2.11 bits per heavy atom. The van der Waals surface area contributed by atoms with Gasteiger partial charge in [0.25, 0.3) is 0 Å². The Morgan fingerprint density at radius 2 is 1.54 bits per heavy atom. The first-order valence-corrected chi connectivity index (χ1v) is 11.5. The smallest absolute Gasteiger partial charge is 0.0568 e. The van der Waals surface area contributed by atoms with Crippen LogP contribution in [-0.4, -0.2) is 34.3 Å². The normalized spacial score (nSPS) is 23.0. The van der Waals surface area contributed by atoms with E-state index in [2.05, 4.69) is 80.3 Å². The summed E-state index contributed by atoms with van der Waals surface area (Å²) in [4.78, 5) is 2.63. The van der Waals surface area contributed by atoms with Crippen molar-refractivity contribution in [1.82, 2.24) is 4.90 Å². The first kappa shape index (κ1) is 21.7. The van der Waals surface area contributed by atoms with Crippen molar-refractivity contribution in [1.29, 1.82) is 0 Å². The molecule has 1 saturated carbocycles. The predicted molar refractivity (Wildman–Crippen MR) is 123 cm³/mol. The molecule has 0 radical (unpaired) electrons. The summed E-state index contributed by atoms with van der Waals surface area (Å²) in [6.07, 6.45) is 4.40. The molecule has 0 saturated heterocycles. The molecule has 0 bridgehead atoms. The second kappa shape index (κ2) is 10.1. The average Bonchev–Trinajstić information content (AvgIpc) is 2.71. The highest BCUT2D eigenvalue weighted by Gasteiger charge is 2.39. The third-order valence-corrected chi connectivity index (χ3v) is 7.39. The van der Waals surface area contributed by atoms with Crippen molar-refractivity contribution >= 4 is 23.2 Å². The Balaban J connectivity index is 1.50. The summed E-state index contributed by atoms with van der Waals surface area (Å²) in [5.74, 6) is 0.423. The molecule has 0 aromatic heterocycles. The zero-order valence-electron chi connectivity index (χ0n) is 17.3. The standard InChI is InChI=1S/C25H33Cl2N/c1-18(2)28(16-15-20-7-5-4-6-8-20)19(3)9-10-21-11-13-22(14-12-21)23-17-24(26)25(23)27/h4-8,11-14,18-19,23-25H,9-10,15-17H2,1-3H3. The molecule has 3 heteroatoms. The highest BCUT2D eigenvalue weighted by molar-refractivity contribution is 6.31. The van der Waals surface area contributed by atoms with Gasteiger partial charge >= 0.3 is 0 Å². The molecule has 1 aliphatic carbocycles. The van der Waals surface area contributed by atoms with E-state index < -0.39 is 0 Å². The molecule has 0 amide bonds. The Morgan fingerprint density at radius 1 is 0.893 bits per heavy atom. The van der Waals surface area contributed by atoms with E-state index in [1.807, 2.05) is 0 Å². The molecular weight excluding hydrogens is 385 g/mol. The fraction of sp³-hybridized carbons (Fsp3) is 0.520. The lowest BCUT2D eigenvalue weighted by Crippen LogP contribution is -2.40. The van der Waals surface area contributed by atoms with Gasteiger partial charge < -0.3 is 0 Å². The van der Waals surface area contributed by atoms with Crippen LogP contribution in [0.2, 0.25) is 0 Å². The second-order valence-electron chi connectivity index (χ2n) is 8.50. The monoisotopic (exact) mass is 417 g/mol. The zero-order valence-corrected chi connectivity index (χ0v) is 18.8. The number of benzene rings is 2. The van der Waals surface area contributed by atoms with Crippen molar-refractivity contribution in [2.75, 3.05) is 6.54 Å². The lowest BCUT2D eigenvalue weighted by Gasteiger charge is -2.37. The van der Waals surface area contributed by atoms with E-state index in [0.717, 1.165) is 25.8 Å². The molecule has 0 heterocycles. The number of halogens is 2. The Hall–Kier alpha value is -1.02. The van der Waals surface area contributed by atoms with Gasteiger partial charge in [-0.1, -0.05) is 54.6 Å². The molecule has 1 fully saturated rings. The van der Waals surface area contributed by atoms with E-state index in [-0.39, 0.29) is 10.8 Å². The van der Waals surface area contributed by atoms with E-state index in [9.17, 15) is 0 Å². The van der Waals surface area contributed by atoms with Gasteiger partial charge in [0, 0.05) is 24.5 Å². The fourth-order valence-corrected chi connectivity index (χ4v) is 4.96. The van der Waals surface area contributed by atoms with Gasteiger partial charge in [-0.3, -0.25) is 4.90 Å². The second-order valence-corrected chi connectivity index (χ2v) is 9.56. The summed E-state index contributed by atoms with van der Waals surface area (Å²) in [5.41, 5.74) is 4.17. The Kier molecular flexibility index (Phi) is 7.85. The van der Waals surface area contributed by atoms with Crippen LogP contribution >= 0.6 is 23.2 Å². The van der Waals surface area contributed by atoms with Crippen LogP contribution in [0.3, 0.4) is 0 Å². The quantitative estimate of drug-likeness (QED) is 0.412. The minimum atomic E-state index is 0.0803. The van der Waals surface area contributed by atoms with Crippen LogP contribution < -0.4 is 0 Å². The van der Waals surface area contributed by atoms with Gasteiger partial charge in [-0.15, -0.1) is 23.2 Å². The number of rotatable bonds is 9. The van der Waals surface area contributed by atoms with Crippen LogP contribution in [0, 0.1) is 0 Å². The van der Waals surface area contributed by atoms with Gasteiger partial charge in [0.2, 0.25) is 0 Å². The first-order chi connectivity index (χ1) is 13.5. The largest absolute Gasteiger partial charge is 0.298 e. The molecule has 0 N–H and O–H groups in total. The first-order valence-electron chi connectivity index (χ1n) is 10.6. The lowest BCUT2D eigenvalue weighted by atomic mass is 9.78. The molecule has 2 aromatic carbocycles. The SMILES string of the molecule is CC(C)N(CCc1ccccc1)C(C)CCc1ccc(C2CC(Cl)C2Cl)cc1. The number of hydrogen-bond acceptors (Lipinski definition) is 1. The highest BCUT2D eigenvalue weighted by Crippen LogP contribution is 2.44. The van der Waals surface area contributed by atoms with Crippen LogP contribution in [-0.2, 0) is 12.8 Å². The summed E-state index contributed by atoms with van der Waals surface area (Å²) in [5, 5.41) is 0.210.